The fraction of sp³-hybridized carbons (Fsp3) is 0.203. The number of ketones is 1. The third-order valence-corrected chi connectivity index (χ3v) is 15.1. The molecule has 3 N–H and O–H groups in total. The zero-order valence-corrected chi connectivity index (χ0v) is 53.6. The van der Waals surface area contributed by atoms with Crippen LogP contribution >= 0.6 is 98.6 Å². The molecule has 6 aromatic carbocycles. The van der Waals surface area contributed by atoms with Crippen LogP contribution in [-0.4, -0.2) is 89.7 Å². The quantitative estimate of drug-likeness (QED) is 0.0279. The number of hydrogen-bond donors (Lipinski definition) is 2. The number of aliphatic carboxylic acids is 1. The molecule has 0 aliphatic rings. The Morgan fingerprint density at radius 3 is 1.29 bits per heavy atom. The number of thiocarbonyl (C=S) groups is 1. The predicted molar refractivity (Wildman–Crippen MR) is 335 cm³/mol. The fourth-order valence-corrected chi connectivity index (χ4v) is 9.95. The van der Waals surface area contributed by atoms with Crippen molar-refractivity contribution in [3.05, 3.63) is 184 Å². The topological polar surface area (TPSA) is 214 Å². The lowest BCUT2D eigenvalue weighted by molar-refractivity contribution is -0.143. The number of ether oxygens (including phenoxy) is 8. The number of nitrogens with zero attached hydrogens (tertiary/aromatic N) is 2. The van der Waals surface area contributed by atoms with Gasteiger partial charge in [0, 0.05) is 40.9 Å². The van der Waals surface area contributed by atoms with E-state index < -0.39 is 17.9 Å². The van der Waals surface area contributed by atoms with Gasteiger partial charge in [0.05, 0.1) is 30.9 Å². The van der Waals surface area contributed by atoms with E-state index in [1.54, 1.807) is 65.1 Å². The van der Waals surface area contributed by atoms with Crippen LogP contribution in [0.2, 0.25) is 0 Å². The van der Waals surface area contributed by atoms with E-state index in [-0.39, 0.29) is 32.2 Å². The molecule has 0 fully saturated rings. The van der Waals surface area contributed by atoms with Crippen LogP contribution in [-0.2, 0) is 37.1 Å². The Bertz CT molecular complexity index is 3430. The van der Waals surface area contributed by atoms with Crippen LogP contribution in [0.3, 0.4) is 0 Å². The second-order valence-electron chi connectivity index (χ2n) is 16.8. The molecule has 0 amide bonds. The van der Waals surface area contributed by atoms with E-state index in [0.29, 0.717) is 52.3 Å². The molecule has 0 atom stereocenters. The smallest absolute Gasteiger partial charge is 0.343 e. The van der Waals surface area contributed by atoms with Gasteiger partial charge in [0.1, 0.15) is 69.3 Å². The highest BCUT2D eigenvalue weighted by Gasteiger charge is 2.13. The summed E-state index contributed by atoms with van der Waals surface area (Å²) in [6.07, 6.45) is 0. The van der Waals surface area contributed by atoms with Crippen molar-refractivity contribution >= 4 is 127 Å². The summed E-state index contributed by atoms with van der Waals surface area (Å²) in [5.74, 6) is 2.05. The van der Waals surface area contributed by atoms with Crippen LogP contribution < -0.4 is 34.2 Å². The first-order valence-corrected chi connectivity index (χ1v) is 30.0. The second kappa shape index (κ2) is 34.7. The molecule has 23 heteroatoms. The summed E-state index contributed by atoms with van der Waals surface area (Å²) in [6, 6.07) is 39.3. The van der Waals surface area contributed by atoms with E-state index in [0.717, 1.165) is 74.0 Å². The molecule has 0 saturated carbocycles. The van der Waals surface area contributed by atoms with Crippen LogP contribution in [0.1, 0.15) is 37.1 Å². The summed E-state index contributed by atoms with van der Waals surface area (Å²) >= 11 is 21.3. The molecule has 2 heterocycles. The number of Topliss-reactive ketones (excluding diaryl/α,β-unsaturated/α-hetero) is 1. The van der Waals surface area contributed by atoms with Crippen LogP contribution in [0.5, 0.6) is 34.5 Å². The van der Waals surface area contributed by atoms with Gasteiger partial charge in [0.2, 0.25) is 0 Å². The Hall–Kier alpha value is -6.73. The molecule has 0 bridgehead atoms. The van der Waals surface area contributed by atoms with Gasteiger partial charge in [-0.2, -0.15) is 0 Å². The maximum absolute atomic E-state index is 11.2. The van der Waals surface area contributed by atoms with E-state index in [2.05, 4.69) is 83.2 Å². The van der Waals surface area contributed by atoms with Crippen molar-refractivity contribution in [1.29, 1.82) is 0 Å². The highest BCUT2D eigenvalue weighted by atomic mass is 79.9. The molecule has 0 aliphatic heterocycles. The van der Waals surface area contributed by atoms with Gasteiger partial charge in [-0.05, 0) is 110 Å². The van der Waals surface area contributed by atoms with Crippen molar-refractivity contribution in [1.82, 2.24) is 9.97 Å². The number of methoxy groups -OCH3 is 2. The number of halogens is 4. The highest BCUT2D eigenvalue weighted by molar-refractivity contribution is 9.11. The van der Waals surface area contributed by atoms with E-state index in [9.17, 15) is 19.2 Å². The number of thiazole rings is 2. The summed E-state index contributed by atoms with van der Waals surface area (Å²) in [4.78, 5) is 53.4. The number of carboxylic acids is 1. The molecule has 430 valence electrons. The Labute approximate surface area is 521 Å². The molecule has 0 aliphatic carbocycles. The van der Waals surface area contributed by atoms with Gasteiger partial charge in [-0.3, -0.25) is 4.79 Å². The standard InChI is InChI=1S/C20H18BrNO4S.C19H16BrNO4S.C12H15NO4S.C8H6Br2O/c1-13-9-14(7-8-18(13)26-11-20(23)24-2)25-10-19-22-17(12-27-19)15-5-3-4-6-16(15)21;1-12-8-13(6-7-17(12)25-10-19(22)23)24-9-18-21-16(11-26-18)14-4-2-3-5-15(14)20;1-8-5-9(16-6-11(13)18)3-4-10(8)17-7-12(14)15-2;9-5-8(11)6-3-1-2-4-7(6)10/h3-9,12H,10-11H2,1-2H3;2-8,11H,9-10H2,1H3,(H,22,23);3-5H,6-7H2,1-2H3,(H2,13,18);1-4H,5H2. The number of carbonyl (C=O) groups excluding carboxylic acids is 3. The monoisotopic (exact) mass is 1420 g/mol. The van der Waals surface area contributed by atoms with Crippen LogP contribution in [0.25, 0.3) is 22.5 Å². The number of carboxylic acid groups (broad SMARTS) is 1. The minimum atomic E-state index is -1.01. The van der Waals surface area contributed by atoms with Gasteiger partial charge in [-0.15, -0.1) is 22.7 Å². The van der Waals surface area contributed by atoms with Crippen molar-refractivity contribution in [3.63, 3.8) is 0 Å². The van der Waals surface area contributed by atoms with E-state index in [1.165, 1.54) is 14.2 Å². The maximum Gasteiger partial charge on any atom is 0.343 e. The number of rotatable bonds is 22. The van der Waals surface area contributed by atoms with Gasteiger partial charge in [-0.1, -0.05) is 131 Å². The number of esters is 2. The van der Waals surface area contributed by atoms with E-state index in [4.69, 9.17) is 51.5 Å². The van der Waals surface area contributed by atoms with Crippen LogP contribution in [0.4, 0.5) is 0 Å². The number of aryl methyl sites for hydroxylation is 3. The number of nitrogens with two attached hydrogens (primary N) is 1. The molecular weight excluding hydrogens is 1370 g/mol. The highest BCUT2D eigenvalue weighted by Crippen LogP contribution is 2.32. The molecular formula is C59H55Br4N3O13S3. The van der Waals surface area contributed by atoms with Crippen molar-refractivity contribution < 1.29 is 62.2 Å². The van der Waals surface area contributed by atoms with Gasteiger partial charge < -0.3 is 48.7 Å². The molecule has 0 spiro atoms. The summed E-state index contributed by atoms with van der Waals surface area (Å²) in [6.45, 7) is 5.93. The lowest BCUT2D eigenvalue weighted by Crippen LogP contribution is -2.17. The SMILES string of the molecule is COC(=O)COc1ccc(OCC(N)=S)cc1C.COC(=O)COc1ccc(OCc2nc(-c3ccccc3Br)cs2)cc1C.Cc1cc(OCc2nc(-c3ccccc3Br)cs2)ccc1OCC(=O)O.O=C(CBr)c1ccccc1Br. The van der Waals surface area contributed by atoms with Crippen LogP contribution in [0.15, 0.2) is 152 Å². The molecule has 82 heavy (non-hydrogen) atoms. The summed E-state index contributed by atoms with van der Waals surface area (Å²) < 4.78 is 44.8. The molecule has 8 aromatic rings. The number of alkyl halides is 1. The van der Waals surface area contributed by atoms with Gasteiger partial charge >= 0.3 is 17.9 Å². The Kier molecular flexibility index (Phi) is 27.9. The minimum absolute atomic E-state index is 0.0949. The summed E-state index contributed by atoms with van der Waals surface area (Å²) in [5, 5.41) is 14.8. The number of hydrogen-bond acceptors (Lipinski definition) is 17. The van der Waals surface area contributed by atoms with E-state index >= 15 is 0 Å². The largest absolute Gasteiger partial charge is 0.486 e. The van der Waals surface area contributed by atoms with E-state index in [1.807, 2.05) is 116 Å². The van der Waals surface area contributed by atoms with Crippen molar-refractivity contribution in [2.45, 2.75) is 34.0 Å². The Morgan fingerprint density at radius 1 is 0.537 bits per heavy atom. The third kappa shape index (κ3) is 22.2. The number of aromatic nitrogens is 2. The number of carbonyl (C=O) groups is 4. The fourth-order valence-electron chi connectivity index (χ4n) is 6.70. The molecule has 0 radical (unpaired) electrons. The molecule has 16 nitrogen and oxygen atoms in total. The number of benzene rings is 6. The molecule has 2 aromatic heterocycles. The normalized spacial score (nSPS) is 10.2. The second-order valence-corrected chi connectivity index (χ2v) is 22.3. The minimum Gasteiger partial charge on any atom is -0.486 e. The maximum atomic E-state index is 11.2. The first kappa shape index (κ1) is 66.1. The van der Waals surface area contributed by atoms with Crippen molar-refractivity contribution in [2.75, 3.05) is 46.0 Å². The summed E-state index contributed by atoms with van der Waals surface area (Å²) in [7, 11) is 2.64. The first-order valence-electron chi connectivity index (χ1n) is 24.3. The van der Waals surface area contributed by atoms with Gasteiger partial charge in [0.25, 0.3) is 0 Å². The van der Waals surface area contributed by atoms with Gasteiger partial charge in [-0.25, -0.2) is 24.4 Å². The van der Waals surface area contributed by atoms with Crippen molar-refractivity contribution in [3.8, 4) is 57.0 Å². The Balaban J connectivity index is 0.000000210. The first-order chi connectivity index (χ1) is 39.4. The lowest BCUT2D eigenvalue weighted by Gasteiger charge is -2.10. The zero-order valence-electron chi connectivity index (χ0n) is 44.8. The predicted octanol–water partition coefficient (Wildman–Crippen LogP) is 14.2. The van der Waals surface area contributed by atoms with Gasteiger partial charge in [0.15, 0.2) is 25.6 Å². The van der Waals surface area contributed by atoms with Crippen LogP contribution in [0, 0.1) is 20.8 Å². The average Bonchev–Trinajstić information content (AvgIpc) is 4.19. The molecule has 0 unspecified atom stereocenters. The lowest BCUT2D eigenvalue weighted by atomic mass is 10.2. The van der Waals surface area contributed by atoms with Crippen molar-refractivity contribution in [2.24, 2.45) is 5.73 Å². The molecule has 8 rings (SSSR count). The average molecular weight is 1430 g/mol. The molecule has 0 saturated heterocycles. The summed E-state index contributed by atoms with van der Waals surface area (Å²) in [5.41, 5.74) is 12.5. The zero-order chi connectivity index (χ0) is 59.6. The third-order valence-electron chi connectivity index (χ3n) is 10.7. The Morgan fingerprint density at radius 2 is 0.927 bits per heavy atom.